The van der Waals surface area contributed by atoms with Crippen LogP contribution in [0.4, 0.5) is 0 Å². The number of rotatable bonds is 0. The Morgan fingerprint density at radius 3 is 2.33 bits per heavy atom. The highest BCUT2D eigenvalue weighted by atomic mass is 15.0. The van der Waals surface area contributed by atoms with Crippen LogP contribution < -0.4 is 11.5 Å². The highest BCUT2D eigenvalue weighted by Crippen LogP contribution is 2.79. The fourth-order valence-electron chi connectivity index (χ4n) is 8.05. The molecule has 7 fully saturated rings. The normalized spacial score (nSPS) is 75.3. The van der Waals surface area contributed by atoms with Crippen LogP contribution in [0, 0.1) is 34.5 Å². The minimum Gasteiger partial charge on any atom is -0.325 e. The van der Waals surface area contributed by atoms with Crippen LogP contribution in [0.1, 0.15) is 52.4 Å². The molecule has 7 saturated carbocycles. The van der Waals surface area contributed by atoms with Crippen molar-refractivity contribution in [3.8, 4) is 0 Å². The van der Waals surface area contributed by atoms with Gasteiger partial charge in [0.2, 0.25) is 0 Å². The van der Waals surface area contributed by atoms with E-state index in [9.17, 15) is 0 Å². The smallest absolute Gasteiger partial charge is 0.0249 e. The molecule has 7 aliphatic rings. The van der Waals surface area contributed by atoms with E-state index in [0.717, 1.165) is 23.7 Å². The molecule has 0 radical (unpaired) electrons. The van der Waals surface area contributed by atoms with Crippen LogP contribution in [-0.4, -0.2) is 11.1 Å². The third kappa shape index (κ3) is 0.841. The lowest BCUT2D eigenvalue weighted by atomic mass is 9.26. The largest absolute Gasteiger partial charge is 0.325 e. The van der Waals surface area contributed by atoms with E-state index in [0.29, 0.717) is 10.8 Å². The summed E-state index contributed by atoms with van der Waals surface area (Å²) in [6.45, 7) is 5.01. The molecular weight excluding hydrogens is 220 g/mol. The van der Waals surface area contributed by atoms with Gasteiger partial charge in [-0.15, -0.1) is 0 Å². The third-order valence-corrected chi connectivity index (χ3v) is 8.28. The molecular formula is C16H26N2. The quantitative estimate of drug-likeness (QED) is 0.689. The summed E-state index contributed by atoms with van der Waals surface area (Å²) in [6.07, 6.45) is 7.90. The van der Waals surface area contributed by atoms with Gasteiger partial charge in [-0.3, -0.25) is 0 Å². The van der Waals surface area contributed by atoms with Crippen molar-refractivity contribution < 1.29 is 0 Å². The molecule has 2 heteroatoms. The first-order valence-corrected chi connectivity index (χ1v) is 7.87. The van der Waals surface area contributed by atoms with E-state index in [-0.39, 0.29) is 11.1 Å². The van der Waals surface area contributed by atoms with Gasteiger partial charge in [-0.05, 0) is 73.0 Å². The summed E-state index contributed by atoms with van der Waals surface area (Å²) in [5, 5.41) is 0. The first-order valence-electron chi connectivity index (χ1n) is 7.87. The summed E-state index contributed by atoms with van der Waals surface area (Å²) in [5.41, 5.74) is 15.0. The van der Waals surface area contributed by atoms with E-state index in [1.54, 1.807) is 0 Å². The molecule has 7 aliphatic carbocycles. The summed E-state index contributed by atoms with van der Waals surface area (Å²) >= 11 is 0. The van der Waals surface area contributed by atoms with Crippen molar-refractivity contribution in [2.75, 3.05) is 0 Å². The second kappa shape index (κ2) is 2.44. The van der Waals surface area contributed by atoms with Gasteiger partial charge in [0, 0.05) is 11.1 Å². The van der Waals surface area contributed by atoms with Crippen molar-refractivity contribution >= 4 is 0 Å². The molecule has 2 nitrogen and oxygen atoms in total. The Morgan fingerprint density at radius 2 is 1.56 bits per heavy atom. The van der Waals surface area contributed by atoms with Crippen LogP contribution in [0.5, 0.6) is 0 Å². The van der Waals surface area contributed by atoms with E-state index in [1.807, 2.05) is 0 Å². The van der Waals surface area contributed by atoms with Gasteiger partial charge in [0.25, 0.3) is 0 Å². The third-order valence-electron chi connectivity index (χ3n) is 8.28. The highest BCUT2D eigenvalue weighted by Gasteiger charge is 2.77. The average Bonchev–Trinajstić information content (AvgIpc) is 2.24. The molecule has 0 aliphatic heterocycles. The van der Waals surface area contributed by atoms with Crippen LogP contribution in [0.3, 0.4) is 0 Å². The van der Waals surface area contributed by atoms with Crippen molar-refractivity contribution in [3.05, 3.63) is 0 Å². The van der Waals surface area contributed by atoms with Crippen molar-refractivity contribution in [1.29, 1.82) is 0 Å². The number of nitrogens with two attached hydrogens (primary N) is 2. The molecule has 100 valence electrons. The molecule has 0 aromatic heterocycles. The lowest BCUT2D eigenvalue weighted by Crippen LogP contribution is -2.84. The van der Waals surface area contributed by atoms with Gasteiger partial charge in [-0.1, -0.05) is 13.8 Å². The van der Waals surface area contributed by atoms with E-state index in [1.165, 1.54) is 38.5 Å². The molecule has 0 amide bonds. The molecule has 4 N–H and O–H groups in total. The summed E-state index contributed by atoms with van der Waals surface area (Å²) in [6, 6.07) is 0. The molecule has 0 saturated heterocycles. The fraction of sp³-hybridized carbons (Fsp3) is 1.00. The zero-order valence-electron chi connectivity index (χ0n) is 11.7. The van der Waals surface area contributed by atoms with Gasteiger partial charge in [0.1, 0.15) is 0 Å². The maximum atomic E-state index is 7.08. The Labute approximate surface area is 110 Å². The van der Waals surface area contributed by atoms with Crippen LogP contribution in [0.15, 0.2) is 0 Å². The van der Waals surface area contributed by atoms with E-state index in [2.05, 4.69) is 13.8 Å². The second-order valence-electron chi connectivity index (χ2n) is 9.34. The monoisotopic (exact) mass is 246 g/mol. The first kappa shape index (κ1) is 10.7. The second-order valence-corrected chi connectivity index (χ2v) is 9.34. The lowest BCUT2D eigenvalue weighted by molar-refractivity contribution is -0.284. The van der Waals surface area contributed by atoms with Crippen molar-refractivity contribution in [2.45, 2.75) is 63.5 Å². The van der Waals surface area contributed by atoms with Crippen LogP contribution in [-0.2, 0) is 0 Å². The number of hydrogen-bond acceptors (Lipinski definition) is 2. The Kier molecular flexibility index (Phi) is 1.45. The Hall–Kier alpha value is -0.0800. The molecule has 0 heterocycles. The molecule has 8 atom stereocenters. The lowest BCUT2D eigenvalue weighted by Gasteiger charge is -2.81. The van der Waals surface area contributed by atoms with Crippen molar-refractivity contribution in [2.24, 2.45) is 46.0 Å². The first-order chi connectivity index (χ1) is 8.29. The molecule has 18 heavy (non-hydrogen) atoms. The molecule has 8 bridgehead atoms. The van der Waals surface area contributed by atoms with Crippen LogP contribution >= 0.6 is 0 Å². The topological polar surface area (TPSA) is 52.0 Å². The Bertz CT molecular complexity index is 420. The van der Waals surface area contributed by atoms with E-state index >= 15 is 0 Å². The van der Waals surface area contributed by atoms with Gasteiger partial charge < -0.3 is 11.5 Å². The van der Waals surface area contributed by atoms with Gasteiger partial charge in [-0.2, -0.15) is 0 Å². The SMILES string of the molecule is CC12CC3C4CC5(N)CC3C(N)(C1)C(C)(C5)C4C2. The fourth-order valence-corrected chi connectivity index (χ4v) is 8.05. The summed E-state index contributed by atoms with van der Waals surface area (Å²) in [5.74, 6) is 3.45. The molecule has 8 unspecified atom stereocenters. The predicted molar refractivity (Wildman–Crippen MR) is 71.7 cm³/mol. The Morgan fingerprint density at radius 1 is 0.833 bits per heavy atom. The zero-order chi connectivity index (χ0) is 12.6. The van der Waals surface area contributed by atoms with Gasteiger partial charge >= 0.3 is 0 Å². The number of hydrogen-bond donors (Lipinski definition) is 2. The molecule has 0 aromatic rings. The average molecular weight is 246 g/mol. The van der Waals surface area contributed by atoms with Crippen LogP contribution in [0.2, 0.25) is 0 Å². The van der Waals surface area contributed by atoms with Gasteiger partial charge in [0.15, 0.2) is 0 Å². The minimum atomic E-state index is 0.118. The predicted octanol–water partition coefficient (Wildman–Crippen LogP) is 2.27. The maximum absolute atomic E-state index is 7.08. The maximum Gasteiger partial charge on any atom is 0.0249 e. The molecule has 7 rings (SSSR count). The Balaban J connectivity index is 1.77. The van der Waals surface area contributed by atoms with Gasteiger partial charge in [-0.25, -0.2) is 0 Å². The zero-order valence-corrected chi connectivity index (χ0v) is 11.7. The summed E-state index contributed by atoms with van der Waals surface area (Å²) < 4.78 is 0. The minimum absolute atomic E-state index is 0.118. The molecule has 0 aromatic carbocycles. The molecule has 0 spiro atoms. The van der Waals surface area contributed by atoms with E-state index < -0.39 is 0 Å². The van der Waals surface area contributed by atoms with Crippen molar-refractivity contribution in [3.63, 3.8) is 0 Å². The van der Waals surface area contributed by atoms with Crippen LogP contribution in [0.25, 0.3) is 0 Å². The summed E-state index contributed by atoms with van der Waals surface area (Å²) in [7, 11) is 0. The van der Waals surface area contributed by atoms with Crippen molar-refractivity contribution in [1.82, 2.24) is 0 Å². The highest BCUT2D eigenvalue weighted by molar-refractivity contribution is 5.31. The van der Waals surface area contributed by atoms with E-state index in [4.69, 9.17) is 11.5 Å². The van der Waals surface area contributed by atoms with Gasteiger partial charge in [0.05, 0.1) is 0 Å². The summed E-state index contributed by atoms with van der Waals surface area (Å²) in [4.78, 5) is 0. The standard InChI is InChI=1S/C16H26N2/c1-13-3-9-10-4-15(17)6-12(9)16(18,7-13)14(2,8-15)11(10)5-13/h9-12H,3-8,17-18H2,1-2H3.